The number of methoxy groups -OCH3 is 1. The van der Waals surface area contributed by atoms with Crippen molar-refractivity contribution >= 4 is 17.4 Å². The number of nitrogens with zero attached hydrogens (tertiary/aromatic N) is 2. The molecule has 0 fully saturated rings. The van der Waals surface area contributed by atoms with Crippen LogP contribution < -0.4 is 4.74 Å². The highest BCUT2D eigenvalue weighted by atomic mass is 32.1. The zero-order valence-electron chi connectivity index (χ0n) is 5.00. The predicted octanol–water partition coefficient (Wildman–Crippen LogP) is 1.19. The Morgan fingerprint density at radius 3 is 2.78 bits per heavy atom. The number of hydrogen-bond acceptors (Lipinski definition) is 4. The standard InChI is InChI=1S/C5H6N2OS/c1-3-4-6-7-5(8-2)9-4/h3H,1H2,2H3. The van der Waals surface area contributed by atoms with Gasteiger partial charge in [0.2, 0.25) is 0 Å². The van der Waals surface area contributed by atoms with Gasteiger partial charge in [0, 0.05) is 0 Å². The molecule has 0 saturated heterocycles. The van der Waals surface area contributed by atoms with Crippen molar-refractivity contribution in [1.29, 1.82) is 0 Å². The summed E-state index contributed by atoms with van der Waals surface area (Å²) in [7, 11) is 1.56. The van der Waals surface area contributed by atoms with Crippen molar-refractivity contribution in [2.75, 3.05) is 7.11 Å². The molecule has 4 heteroatoms. The molecule has 0 amide bonds. The molecule has 0 radical (unpaired) electrons. The average molecular weight is 142 g/mol. The van der Waals surface area contributed by atoms with Crippen LogP contribution in [0.5, 0.6) is 5.19 Å². The SMILES string of the molecule is C=Cc1nnc(OC)s1. The number of rotatable bonds is 2. The normalized spacial score (nSPS) is 9.00. The molecule has 1 aromatic heterocycles. The first-order valence-electron chi connectivity index (χ1n) is 2.36. The van der Waals surface area contributed by atoms with Crippen molar-refractivity contribution in [3.8, 4) is 5.19 Å². The molecule has 0 aliphatic carbocycles. The van der Waals surface area contributed by atoms with Crippen LogP contribution >= 0.6 is 11.3 Å². The van der Waals surface area contributed by atoms with Crippen LogP contribution in [0.2, 0.25) is 0 Å². The van der Waals surface area contributed by atoms with Crippen LogP contribution in [0, 0.1) is 0 Å². The van der Waals surface area contributed by atoms with Crippen LogP contribution in [0.4, 0.5) is 0 Å². The maximum Gasteiger partial charge on any atom is 0.294 e. The van der Waals surface area contributed by atoms with E-state index in [2.05, 4.69) is 16.8 Å². The molecule has 1 rings (SSSR count). The Kier molecular flexibility index (Phi) is 1.79. The Balaban J connectivity index is 2.86. The van der Waals surface area contributed by atoms with E-state index in [1.165, 1.54) is 11.3 Å². The molecule has 0 spiro atoms. The van der Waals surface area contributed by atoms with Crippen LogP contribution in [-0.2, 0) is 0 Å². The molecule has 0 saturated carbocycles. The van der Waals surface area contributed by atoms with Crippen molar-refractivity contribution < 1.29 is 4.74 Å². The fourth-order valence-electron chi connectivity index (χ4n) is 0.385. The molecule has 0 bridgehead atoms. The molecule has 0 N–H and O–H groups in total. The lowest BCUT2D eigenvalue weighted by Crippen LogP contribution is -1.78. The summed E-state index contributed by atoms with van der Waals surface area (Å²) in [5.74, 6) is 0. The molecule has 9 heavy (non-hydrogen) atoms. The fourth-order valence-corrected chi connectivity index (χ4v) is 0.894. The molecule has 3 nitrogen and oxygen atoms in total. The first-order chi connectivity index (χ1) is 4.36. The summed E-state index contributed by atoms with van der Waals surface area (Å²) in [5, 5.41) is 8.77. The lowest BCUT2D eigenvalue weighted by atomic mass is 10.7. The monoisotopic (exact) mass is 142 g/mol. The zero-order valence-corrected chi connectivity index (χ0v) is 5.81. The van der Waals surface area contributed by atoms with Gasteiger partial charge in [0.25, 0.3) is 5.19 Å². The second-order valence-electron chi connectivity index (χ2n) is 1.31. The maximum absolute atomic E-state index is 4.79. The largest absolute Gasteiger partial charge is 0.472 e. The Morgan fingerprint density at radius 1 is 1.67 bits per heavy atom. The van der Waals surface area contributed by atoms with E-state index in [1.54, 1.807) is 13.2 Å². The molecule has 1 heterocycles. The van der Waals surface area contributed by atoms with Gasteiger partial charge in [0.15, 0.2) is 0 Å². The quantitative estimate of drug-likeness (QED) is 0.622. The van der Waals surface area contributed by atoms with E-state index in [9.17, 15) is 0 Å². The van der Waals surface area contributed by atoms with Gasteiger partial charge in [-0.25, -0.2) is 0 Å². The van der Waals surface area contributed by atoms with Crippen molar-refractivity contribution in [2.45, 2.75) is 0 Å². The smallest absolute Gasteiger partial charge is 0.294 e. The number of ether oxygens (including phenoxy) is 1. The minimum atomic E-state index is 0.574. The number of aromatic nitrogens is 2. The van der Waals surface area contributed by atoms with Crippen molar-refractivity contribution in [3.05, 3.63) is 11.6 Å². The van der Waals surface area contributed by atoms with E-state index in [0.29, 0.717) is 5.19 Å². The lowest BCUT2D eigenvalue weighted by molar-refractivity contribution is 0.407. The van der Waals surface area contributed by atoms with Crippen LogP contribution in [-0.4, -0.2) is 17.3 Å². The summed E-state index contributed by atoms with van der Waals surface area (Å²) in [6, 6.07) is 0. The van der Waals surface area contributed by atoms with Crippen LogP contribution in [0.25, 0.3) is 6.08 Å². The molecular formula is C5H6N2OS. The van der Waals surface area contributed by atoms with Gasteiger partial charge in [-0.3, -0.25) is 0 Å². The van der Waals surface area contributed by atoms with Crippen molar-refractivity contribution in [2.24, 2.45) is 0 Å². The van der Waals surface area contributed by atoms with E-state index < -0.39 is 0 Å². The molecule has 0 unspecified atom stereocenters. The van der Waals surface area contributed by atoms with Gasteiger partial charge in [0.1, 0.15) is 5.01 Å². The topological polar surface area (TPSA) is 35.0 Å². The molecule has 0 aliphatic heterocycles. The van der Waals surface area contributed by atoms with Gasteiger partial charge in [-0.05, 0) is 6.08 Å². The Hall–Kier alpha value is -0.900. The minimum Gasteiger partial charge on any atom is -0.472 e. The van der Waals surface area contributed by atoms with Gasteiger partial charge in [-0.15, -0.1) is 5.10 Å². The highest BCUT2D eigenvalue weighted by molar-refractivity contribution is 7.13. The first kappa shape index (κ1) is 6.22. The molecular weight excluding hydrogens is 136 g/mol. The molecule has 0 aliphatic rings. The molecule has 48 valence electrons. The van der Waals surface area contributed by atoms with Crippen molar-refractivity contribution in [1.82, 2.24) is 10.2 Å². The Bertz CT molecular complexity index is 208. The van der Waals surface area contributed by atoms with Crippen LogP contribution in [0.15, 0.2) is 6.58 Å². The summed E-state index contributed by atoms with van der Waals surface area (Å²) in [5.41, 5.74) is 0. The lowest BCUT2D eigenvalue weighted by Gasteiger charge is -1.83. The maximum atomic E-state index is 4.79. The van der Waals surface area contributed by atoms with Crippen molar-refractivity contribution in [3.63, 3.8) is 0 Å². The van der Waals surface area contributed by atoms with E-state index in [4.69, 9.17) is 4.74 Å². The van der Waals surface area contributed by atoms with E-state index in [0.717, 1.165) is 5.01 Å². The van der Waals surface area contributed by atoms with Crippen LogP contribution in [0.3, 0.4) is 0 Å². The summed E-state index contributed by atoms with van der Waals surface area (Å²) >= 11 is 1.37. The van der Waals surface area contributed by atoms with Gasteiger partial charge in [-0.2, -0.15) is 0 Å². The van der Waals surface area contributed by atoms with E-state index in [-0.39, 0.29) is 0 Å². The summed E-state index contributed by atoms with van der Waals surface area (Å²) in [6.45, 7) is 3.53. The predicted molar refractivity (Wildman–Crippen MR) is 36.6 cm³/mol. The van der Waals surface area contributed by atoms with Crippen LogP contribution in [0.1, 0.15) is 5.01 Å². The number of hydrogen-bond donors (Lipinski definition) is 0. The summed E-state index contributed by atoms with van der Waals surface area (Å²) < 4.78 is 4.79. The molecule has 1 aromatic rings. The summed E-state index contributed by atoms with van der Waals surface area (Å²) in [6.07, 6.45) is 1.64. The highest BCUT2D eigenvalue weighted by Gasteiger charge is 1.96. The zero-order chi connectivity index (χ0) is 6.69. The highest BCUT2D eigenvalue weighted by Crippen LogP contribution is 2.16. The molecule has 0 aromatic carbocycles. The summed E-state index contributed by atoms with van der Waals surface area (Å²) in [4.78, 5) is 0. The van der Waals surface area contributed by atoms with Gasteiger partial charge in [0.05, 0.1) is 7.11 Å². The van der Waals surface area contributed by atoms with E-state index in [1.807, 2.05) is 0 Å². The minimum absolute atomic E-state index is 0.574. The average Bonchev–Trinajstić information content (AvgIpc) is 2.34. The van der Waals surface area contributed by atoms with E-state index >= 15 is 0 Å². The third kappa shape index (κ3) is 1.26. The Morgan fingerprint density at radius 2 is 2.44 bits per heavy atom. The second kappa shape index (κ2) is 2.59. The third-order valence-corrected chi connectivity index (χ3v) is 1.65. The van der Waals surface area contributed by atoms with Gasteiger partial charge >= 0.3 is 0 Å². The first-order valence-corrected chi connectivity index (χ1v) is 3.18. The molecule has 0 atom stereocenters. The third-order valence-electron chi connectivity index (χ3n) is 0.771. The van der Waals surface area contributed by atoms with Gasteiger partial charge < -0.3 is 4.74 Å². The van der Waals surface area contributed by atoms with Gasteiger partial charge in [-0.1, -0.05) is 23.0 Å². The fraction of sp³-hybridized carbons (Fsp3) is 0.200. The second-order valence-corrected chi connectivity index (χ2v) is 2.29. The Labute approximate surface area is 57.0 Å².